The van der Waals surface area contributed by atoms with E-state index >= 15 is 0 Å². The molecule has 1 fully saturated rings. The van der Waals surface area contributed by atoms with Crippen LogP contribution in [0.3, 0.4) is 0 Å². The molecule has 0 aromatic heterocycles. The van der Waals surface area contributed by atoms with E-state index in [9.17, 15) is 4.79 Å². The molecule has 2 N–H and O–H groups in total. The SMILES string of the molecule is C[C@H](N[C@H](C)C(=O)NC1CC1)c1cccc2ccccc12. The first-order valence-electron chi connectivity index (χ1n) is 7.69. The molecule has 2 aromatic rings. The van der Waals surface area contributed by atoms with Gasteiger partial charge in [-0.05, 0) is 43.0 Å². The molecular weight excluding hydrogens is 260 g/mol. The Balaban J connectivity index is 1.74. The second kappa shape index (κ2) is 5.86. The lowest BCUT2D eigenvalue weighted by molar-refractivity contribution is -0.123. The van der Waals surface area contributed by atoms with Crippen molar-refractivity contribution in [1.82, 2.24) is 10.6 Å². The molecule has 21 heavy (non-hydrogen) atoms. The van der Waals surface area contributed by atoms with Crippen LogP contribution in [-0.4, -0.2) is 18.0 Å². The van der Waals surface area contributed by atoms with E-state index in [0.717, 1.165) is 12.8 Å². The molecule has 1 saturated carbocycles. The highest BCUT2D eigenvalue weighted by atomic mass is 16.2. The molecule has 0 saturated heterocycles. The predicted molar refractivity (Wildman–Crippen MR) is 86.1 cm³/mol. The van der Waals surface area contributed by atoms with Gasteiger partial charge in [-0.25, -0.2) is 0 Å². The number of rotatable bonds is 5. The summed E-state index contributed by atoms with van der Waals surface area (Å²) in [6.45, 7) is 4.04. The van der Waals surface area contributed by atoms with Crippen LogP contribution in [0.2, 0.25) is 0 Å². The minimum atomic E-state index is -0.181. The summed E-state index contributed by atoms with van der Waals surface area (Å²) in [4.78, 5) is 12.1. The van der Waals surface area contributed by atoms with Crippen molar-refractivity contribution in [3.8, 4) is 0 Å². The molecule has 0 radical (unpaired) electrons. The van der Waals surface area contributed by atoms with Gasteiger partial charge in [0.1, 0.15) is 0 Å². The number of nitrogens with one attached hydrogen (secondary N) is 2. The molecule has 0 unspecified atom stereocenters. The Morgan fingerprint density at radius 1 is 1.10 bits per heavy atom. The Labute approximate surface area is 125 Å². The zero-order valence-electron chi connectivity index (χ0n) is 12.6. The van der Waals surface area contributed by atoms with Gasteiger partial charge < -0.3 is 5.32 Å². The van der Waals surface area contributed by atoms with Crippen LogP contribution in [0.15, 0.2) is 42.5 Å². The maximum absolute atomic E-state index is 12.1. The molecule has 3 nitrogen and oxygen atoms in total. The summed E-state index contributed by atoms with van der Waals surface area (Å²) < 4.78 is 0. The molecule has 1 aliphatic rings. The third kappa shape index (κ3) is 3.24. The van der Waals surface area contributed by atoms with Crippen LogP contribution in [-0.2, 0) is 4.79 Å². The first kappa shape index (κ1) is 14.1. The molecule has 0 bridgehead atoms. The largest absolute Gasteiger partial charge is 0.352 e. The van der Waals surface area contributed by atoms with Crippen molar-refractivity contribution < 1.29 is 4.79 Å². The van der Waals surface area contributed by atoms with Gasteiger partial charge in [0.05, 0.1) is 6.04 Å². The van der Waals surface area contributed by atoms with Gasteiger partial charge in [0.15, 0.2) is 0 Å². The van der Waals surface area contributed by atoms with Crippen LogP contribution in [0.5, 0.6) is 0 Å². The topological polar surface area (TPSA) is 41.1 Å². The van der Waals surface area contributed by atoms with Crippen molar-refractivity contribution in [1.29, 1.82) is 0 Å². The van der Waals surface area contributed by atoms with E-state index in [1.165, 1.54) is 16.3 Å². The third-order valence-electron chi connectivity index (χ3n) is 4.11. The molecule has 0 spiro atoms. The lowest BCUT2D eigenvalue weighted by Gasteiger charge is -2.21. The summed E-state index contributed by atoms with van der Waals surface area (Å²) in [7, 11) is 0. The van der Waals surface area contributed by atoms with Crippen molar-refractivity contribution in [2.75, 3.05) is 0 Å². The van der Waals surface area contributed by atoms with Gasteiger partial charge in [0.25, 0.3) is 0 Å². The fraction of sp³-hybridized carbons (Fsp3) is 0.389. The second-order valence-electron chi connectivity index (χ2n) is 5.96. The second-order valence-corrected chi connectivity index (χ2v) is 5.96. The highest BCUT2D eigenvalue weighted by Gasteiger charge is 2.26. The van der Waals surface area contributed by atoms with Crippen molar-refractivity contribution in [2.45, 2.75) is 44.8 Å². The molecule has 0 heterocycles. The fourth-order valence-corrected chi connectivity index (χ4v) is 2.72. The quantitative estimate of drug-likeness (QED) is 0.884. The molecule has 3 heteroatoms. The highest BCUT2D eigenvalue weighted by molar-refractivity contribution is 5.86. The summed E-state index contributed by atoms with van der Waals surface area (Å²) in [5, 5.41) is 8.94. The Hall–Kier alpha value is -1.87. The minimum absolute atomic E-state index is 0.101. The van der Waals surface area contributed by atoms with Gasteiger partial charge in [0.2, 0.25) is 5.91 Å². The van der Waals surface area contributed by atoms with E-state index in [1.807, 2.05) is 6.92 Å². The molecular formula is C18H22N2O. The standard InChI is InChI=1S/C18H22N2O/c1-12(19-13(2)18(21)20-15-10-11-15)16-9-5-7-14-6-3-4-8-17(14)16/h3-9,12-13,15,19H,10-11H2,1-2H3,(H,20,21)/t12-,13+/m0/s1. The van der Waals surface area contributed by atoms with E-state index in [4.69, 9.17) is 0 Å². The normalized spacial score (nSPS) is 17.4. The van der Waals surface area contributed by atoms with Gasteiger partial charge in [-0.3, -0.25) is 10.1 Å². The average molecular weight is 282 g/mol. The average Bonchev–Trinajstić information content (AvgIpc) is 3.30. The summed E-state index contributed by atoms with van der Waals surface area (Å²) in [6.07, 6.45) is 2.24. The summed E-state index contributed by atoms with van der Waals surface area (Å²) in [6, 6.07) is 15.1. The van der Waals surface area contributed by atoms with E-state index in [1.54, 1.807) is 0 Å². The number of hydrogen-bond acceptors (Lipinski definition) is 2. The Bertz CT molecular complexity index is 643. The van der Waals surface area contributed by atoms with Gasteiger partial charge in [-0.15, -0.1) is 0 Å². The fourth-order valence-electron chi connectivity index (χ4n) is 2.72. The maximum Gasteiger partial charge on any atom is 0.237 e. The summed E-state index contributed by atoms with van der Waals surface area (Å²) in [5.74, 6) is 0.101. The zero-order chi connectivity index (χ0) is 14.8. The van der Waals surface area contributed by atoms with Crippen LogP contribution in [0.1, 0.15) is 38.3 Å². The van der Waals surface area contributed by atoms with Crippen molar-refractivity contribution in [3.05, 3.63) is 48.0 Å². The molecule has 2 aromatic carbocycles. The Kier molecular flexibility index (Phi) is 3.93. The monoisotopic (exact) mass is 282 g/mol. The lowest BCUT2D eigenvalue weighted by atomic mass is 9.99. The smallest absolute Gasteiger partial charge is 0.237 e. The summed E-state index contributed by atoms with van der Waals surface area (Å²) in [5.41, 5.74) is 1.24. The van der Waals surface area contributed by atoms with Crippen LogP contribution in [0.4, 0.5) is 0 Å². The first-order valence-corrected chi connectivity index (χ1v) is 7.69. The minimum Gasteiger partial charge on any atom is -0.352 e. The zero-order valence-corrected chi connectivity index (χ0v) is 12.6. The van der Waals surface area contributed by atoms with Crippen LogP contribution >= 0.6 is 0 Å². The molecule has 3 rings (SSSR count). The highest BCUT2D eigenvalue weighted by Crippen LogP contribution is 2.24. The molecule has 110 valence electrons. The predicted octanol–water partition coefficient (Wildman–Crippen LogP) is 3.16. The van der Waals surface area contributed by atoms with Gasteiger partial charge in [-0.2, -0.15) is 0 Å². The van der Waals surface area contributed by atoms with Crippen LogP contribution in [0, 0.1) is 0 Å². The van der Waals surface area contributed by atoms with Crippen LogP contribution in [0.25, 0.3) is 10.8 Å². The van der Waals surface area contributed by atoms with Crippen molar-refractivity contribution in [3.63, 3.8) is 0 Å². The van der Waals surface area contributed by atoms with Gasteiger partial charge in [-0.1, -0.05) is 42.5 Å². The van der Waals surface area contributed by atoms with Gasteiger partial charge >= 0.3 is 0 Å². The molecule has 0 aliphatic heterocycles. The van der Waals surface area contributed by atoms with Crippen molar-refractivity contribution >= 4 is 16.7 Å². The molecule has 2 atom stereocenters. The number of carbonyl (C=O) groups is 1. The Morgan fingerprint density at radius 2 is 1.81 bits per heavy atom. The third-order valence-corrected chi connectivity index (χ3v) is 4.11. The number of fused-ring (bicyclic) bond motifs is 1. The van der Waals surface area contributed by atoms with Gasteiger partial charge in [0, 0.05) is 12.1 Å². The van der Waals surface area contributed by atoms with Crippen molar-refractivity contribution in [2.24, 2.45) is 0 Å². The van der Waals surface area contributed by atoms with Crippen LogP contribution < -0.4 is 10.6 Å². The maximum atomic E-state index is 12.1. The first-order chi connectivity index (χ1) is 10.1. The Morgan fingerprint density at radius 3 is 2.57 bits per heavy atom. The lowest BCUT2D eigenvalue weighted by Crippen LogP contribution is -2.43. The van der Waals surface area contributed by atoms with E-state index < -0.39 is 0 Å². The number of amides is 1. The number of hydrogen-bond donors (Lipinski definition) is 2. The number of benzene rings is 2. The molecule has 1 amide bonds. The van der Waals surface area contributed by atoms with E-state index in [-0.39, 0.29) is 18.0 Å². The summed E-state index contributed by atoms with van der Waals surface area (Å²) >= 11 is 0. The van der Waals surface area contributed by atoms with E-state index in [2.05, 4.69) is 60.0 Å². The number of carbonyl (C=O) groups excluding carboxylic acids is 1. The van der Waals surface area contributed by atoms with E-state index in [0.29, 0.717) is 6.04 Å². The molecule has 1 aliphatic carbocycles.